The molecule has 0 saturated heterocycles. The Labute approximate surface area is 103 Å². The number of carbonyl (C=O) groups is 2. The molecule has 6 heteroatoms. The lowest BCUT2D eigenvalue weighted by Crippen LogP contribution is -2.13. The number of methoxy groups -OCH3 is 1. The Kier molecular flexibility index (Phi) is 5.28. The second-order valence-electron chi connectivity index (χ2n) is 3.00. The van der Waals surface area contributed by atoms with Crippen LogP contribution in [-0.2, 0) is 9.53 Å². The molecule has 0 aliphatic rings. The summed E-state index contributed by atoms with van der Waals surface area (Å²) < 4.78 is 4.60. The van der Waals surface area contributed by atoms with E-state index in [9.17, 15) is 9.59 Å². The van der Waals surface area contributed by atoms with Gasteiger partial charge >= 0.3 is 5.97 Å². The van der Waals surface area contributed by atoms with Crippen LogP contribution < -0.4 is 5.32 Å². The molecule has 0 saturated carbocycles. The van der Waals surface area contributed by atoms with Crippen LogP contribution in [0.5, 0.6) is 0 Å². The number of nitrogens with one attached hydrogen (secondary N) is 1. The van der Waals surface area contributed by atoms with Crippen LogP contribution in [0.4, 0.5) is 5.69 Å². The molecule has 1 heterocycles. The number of ether oxygens (including phenoxy) is 1. The molecule has 0 aliphatic heterocycles. The number of thiophene rings is 1. The first-order valence-electron chi connectivity index (χ1n) is 4.70. The molecule has 1 N–H and O–H groups in total. The molecule has 0 fully saturated rings. The van der Waals surface area contributed by atoms with Gasteiger partial charge < -0.3 is 10.1 Å². The quantitative estimate of drug-likeness (QED) is 0.654. The van der Waals surface area contributed by atoms with Crippen LogP contribution in [0.25, 0.3) is 0 Å². The highest BCUT2D eigenvalue weighted by Gasteiger charge is 2.14. The summed E-state index contributed by atoms with van der Waals surface area (Å²) in [4.78, 5) is 23.1. The van der Waals surface area contributed by atoms with E-state index in [0.29, 0.717) is 29.3 Å². The summed E-state index contributed by atoms with van der Waals surface area (Å²) in [5, 5.41) is 4.38. The minimum absolute atomic E-state index is 0.149. The number of anilines is 1. The van der Waals surface area contributed by atoms with Crippen LogP contribution in [0.3, 0.4) is 0 Å². The Bertz CT molecular complexity index is 378. The van der Waals surface area contributed by atoms with E-state index in [-0.39, 0.29) is 5.91 Å². The Morgan fingerprint density at radius 2 is 2.31 bits per heavy atom. The third-order valence-electron chi connectivity index (χ3n) is 1.85. The number of amides is 1. The van der Waals surface area contributed by atoms with Crippen molar-refractivity contribution in [2.75, 3.05) is 18.3 Å². The molecule has 0 radical (unpaired) electrons. The van der Waals surface area contributed by atoms with Gasteiger partial charge in [-0.25, -0.2) is 4.79 Å². The Hall–Kier alpha value is -1.07. The molecule has 1 rings (SSSR count). The molecule has 0 spiro atoms. The zero-order valence-electron chi connectivity index (χ0n) is 8.79. The van der Waals surface area contributed by atoms with Crippen molar-refractivity contribution in [2.45, 2.75) is 12.8 Å². The molecular formula is C10H12ClNO3S. The summed E-state index contributed by atoms with van der Waals surface area (Å²) in [5.41, 5.74) is 0.497. The Morgan fingerprint density at radius 1 is 1.56 bits per heavy atom. The highest BCUT2D eigenvalue weighted by molar-refractivity contribution is 7.12. The van der Waals surface area contributed by atoms with Crippen LogP contribution in [0.2, 0.25) is 0 Å². The van der Waals surface area contributed by atoms with Crippen LogP contribution in [0.15, 0.2) is 11.4 Å². The first kappa shape index (κ1) is 13.0. The number of hydrogen-bond donors (Lipinski definition) is 1. The van der Waals surface area contributed by atoms with Gasteiger partial charge in [-0.2, -0.15) is 0 Å². The Morgan fingerprint density at radius 3 is 2.94 bits per heavy atom. The van der Waals surface area contributed by atoms with Crippen LogP contribution in [0, 0.1) is 0 Å². The molecular weight excluding hydrogens is 250 g/mol. The predicted molar refractivity (Wildman–Crippen MR) is 64.2 cm³/mol. The van der Waals surface area contributed by atoms with Crippen LogP contribution in [0.1, 0.15) is 22.5 Å². The van der Waals surface area contributed by atoms with E-state index in [1.807, 2.05) is 0 Å². The van der Waals surface area contributed by atoms with Crippen molar-refractivity contribution in [3.05, 3.63) is 16.3 Å². The summed E-state index contributed by atoms with van der Waals surface area (Å²) in [6, 6.07) is 1.68. The van der Waals surface area contributed by atoms with Gasteiger partial charge in [-0.3, -0.25) is 4.79 Å². The molecule has 0 bridgehead atoms. The van der Waals surface area contributed by atoms with E-state index < -0.39 is 5.97 Å². The lowest BCUT2D eigenvalue weighted by atomic mass is 10.3. The number of alkyl halides is 1. The van der Waals surface area contributed by atoms with E-state index in [4.69, 9.17) is 11.6 Å². The van der Waals surface area contributed by atoms with Gasteiger partial charge in [0.15, 0.2) is 0 Å². The fourth-order valence-corrected chi connectivity index (χ4v) is 2.00. The van der Waals surface area contributed by atoms with Crippen molar-refractivity contribution in [1.29, 1.82) is 0 Å². The maximum atomic E-state index is 11.4. The van der Waals surface area contributed by atoms with Gasteiger partial charge in [0.25, 0.3) is 0 Å². The monoisotopic (exact) mass is 261 g/mol. The largest absolute Gasteiger partial charge is 0.465 e. The third-order valence-corrected chi connectivity index (χ3v) is 3.01. The molecule has 0 atom stereocenters. The van der Waals surface area contributed by atoms with Crippen molar-refractivity contribution in [3.8, 4) is 0 Å². The zero-order valence-corrected chi connectivity index (χ0v) is 10.4. The van der Waals surface area contributed by atoms with Gasteiger partial charge in [0, 0.05) is 12.3 Å². The van der Waals surface area contributed by atoms with Gasteiger partial charge in [-0.1, -0.05) is 0 Å². The van der Waals surface area contributed by atoms with Gasteiger partial charge in [-0.15, -0.1) is 22.9 Å². The maximum absolute atomic E-state index is 11.4. The number of halogens is 1. The first-order chi connectivity index (χ1) is 7.69. The molecule has 88 valence electrons. The van der Waals surface area contributed by atoms with E-state index in [1.54, 1.807) is 11.4 Å². The zero-order chi connectivity index (χ0) is 12.0. The van der Waals surface area contributed by atoms with Crippen molar-refractivity contribution < 1.29 is 14.3 Å². The molecule has 0 aromatic carbocycles. The van der Waals surface area contributed by atoms with E-state index in [0.717, 1.165) is 0 Å². The van der Waals surface area contributed by atoms with E-state index in [2.05, 4.69) is 10.1 Å². The summed E-state index contributed by atoms with van der Waals surface area (Å²) in [6.45, 7) is 0. The molecule has 0 aliphatic carbocycles. The molecule has 0 unspecified atom stereocenters. The van der Waals surface area contributed by atoms with Gasteiger partial charge in [-0.05, 0) is 17.9 Å². The minimum Gasteiger partial charge on any atom is -0.465 e. The number of carbonyl (C=O) groups excluding carboxylic acids is 2. The Balaban J connectivity index is 2.63. The highest BCUT2D eigenvalue weighted by Crippen LogP contribution is 2.23. The normalized spacial score (nSPS) is 9.88. The second kappa shape index (κ2) is 6.50. The lowest BCUT2D eigenvalue weighted by Gasteiger charge is -2.04. The second-order valence-corrected chi connectivity index (χ2v) is 4.29. The molecule has 1 aromatic rings. The van der Waals surface area contributed by atoms with Crippen molar-refractivity contribution in [1.82, 2.24) is 0 Å². The smallest absolute Gasteiger partial charge is 0.350 e. The van der Waals surface area contributed by atoms with Gasteiger partial charge in [0.05, 0.1) is 12.8 Å². The van der Waals surface area contributed by atoms with Gasteiger partial charge in [0.1, 0.15) is 4.88 Å². The average Bonchev–Trinajstić information content (AvgIpc) is 2.73. The average molecular weight is 262 g/mol. The number of rotatable bonds is 5. The van der Waals surface area contributed by atoms with Crippen molar-refractivity contribution >= 4 is 40.5 Å². The van der Waals surface area contributed by atoms with Crippen LogP contribution >= 0.6 is 22.9 Å². The third kappa shape index (κ3) is 3.50. The fraction of sp³-hybridized carbons (Fsp3) is 0.400. The summed E-state index contributed by atoms with van der Waals surface area (Å²) in [7, 11) is 1.31. The van der Waals surface area contributed by atoms with Crippen molar-refractivity contribution in [3.63, 3.8) is 0 Å². The lowest BCUT2D eigenvalue weighted by molar-refractivity contribution is -0.116. The fourth-order valence-electron chi connectivity index (χ4n) is 1.10. The molecule has 16 heavy (non-hydrogen) atoms. The van der Waals surface area contributed by atoms with E-state index >= 15 is 0 Å². The van der Waals surface area contributed by atoms with Gasteiger partial charge in [0.2, 0.25) is 5.91 Å². The predicted octanol–water partition coefficient (Wildman–Crippen LogP) is 2.49. The maximum Gasteiger partial charge on any atom is 0.350 e. The molecule has 4 nitrogen and oxygen atoms in total. The first-order valence-corrected chi connectivity index (χ1v) is 6.12. The molecule has 1 amide bonds. The van der Waals surface area contributed by atoms with E-state index in [1.165, 1.54) is 18.4 Å². The molecule has 1 aromatic heterocycles. The summed E-state index contributed by atoms with van der Waals surface area (Å²) >= 11 is 6.71. The summed E-state index contributed by atoms with van der Waals surface area (Å²) in [5.74, 6) is -0.146. The summed E-state index contributed by atoms with van der Waals surface area (Å²) in [6.07, 6.45) is 0.963. The standard InChI is InChI=1S/C10H12ClNO3S/c1-15-10(14)9-7(4-6-16-9)12-8(13)3-2-5-11/h4,6H,2-3,5H2,1H3,(H,12,13). The number of esters is 1. The van der Waals surface area contributed by atoms with Crippen LogP contribution in [-0.4, -0.2) is 24.9 Å². The topological polar surface area (TPSA) is 55.4 Å². The highest BCUT2D eigenvalue weighted by atomic mass is 35.5. The van der Waals surface area contributed by atoms with Crippen molar-refractivity contribution in [2.24, 2.45) is 0 Å². The minimum atomic E-state index is -0.442. The number of hydrogen-bond acceptors (Lipinski definition) is 4. The SMILES string of the molecule is COC(=O)c1sccc1NC(=O)CCCCl.